The Morgan fingerprint density at radius 2 is 2.35 bits per heavy atom. The average molecular weight is 295 g/mol. The van der Waals surface area contributed by atoms with Gasteiger partial charge in [0.1, 0.15) is 5.56 Å². The van der Waals surface area contributed by atoms with Gasteiger partial charge in [0.25, 0.3) is 11.6 Å². The summed E-state index contributed by atoms with van der Waals surface area (Å²) in [4.78, 5) is 14.8. The first-order valence-electron chi connectivity index (χ1n) is 6.17. The molecule has 1 unspecified atom stereocenters. The van der Waals surface area contributed by atoms with Gasteiger partial charge in [0.2, 0.25) is 0 Å². The summed E-state index contributed by atoms with van der Waals surface area (Å²) >= 11 is 6.03. The second kappa shape index (κ2) is 5.18. The molecule has 104 valence electrons. The van der Waals surface area contributed by atoms with Gasteiger partial charge in [0, 0.05) is 6.07 Å². The Hall–Kier alpha value is -1.99. The molecule has 1 aliphatic rings. The number of rotatable bonds is 3. The van der Waals surface area contributed by atoms with Gasteiger partial charge < -0.3 is 9.84 Å². The molecule has 0 aliphatic carbocycles. The first-order valence-corrected chi connectivity index (χ1v) is 6.55. The lowest BCUT2D eigenvalue weighted by molar-refractivity contribution is -0.384. The minimum Gasteiger partial charge on any atom is -0.334 e. The smallest absolute Gasteiger partial charge is 0.283 e. The minimum absolute atomic E-state index is 0.0362. The number of benzene rings is 1. The number of nitrogens with zero attached hydrogens (tertiary/aromatic N) is 3. The summed E-state index contributed by atoms with van der Waals surface area (Å²) in [5.41, 5.74) is 0.0167. The SMILES string of the molecule is O=[N+]([O-])c1cccc(Cl)c1-c1nc(C2CCCN2)no1. The zero-order valence-electron chi connectivity index (χ0n) is 10.4. The fourth-order valence-corrected chi connectivity index (χ4v) is 2.51. The van der Waals surface area contributed by atoms with Crippen LogP contribution < -0.4 is 5.32 Å². The van der Waals surface area contributed by atoms with Gasteiger partial charge in [-0.15, -0.1) is 0 Å². The molecule has 1 aromatic carbocycles. The van der Waals surface area contributed by atoms with E-state index in [0.717, 1.165) is 19.4 Å². The van der Waals surface area contributed by atoms with E-state index in [-0.39, 0.29) is 28.2 Å². The van der Waals surface area contributed by atoms with E-state index in [2.05, 4.69) is 15.5 Å². The molecule has 0 radical (unpaired) electrons. The van der Waals surface area contributed by atoms with E-state index in [1.165, 1.54) is 12.1 Å². The van der Waals surface area contributed by atoms with Gasteiger partial charge in [0.05, 0.1) is 16.0 Å². The van der Waals surface area contributed by atoms with Crippen LogP contribution in [0.2, 0.25) is 5.02 Å². The van der Waals surface area contributed by atoms with Crippen molar-refractivity contribution in [2.24, 2.45) is 0 Å². The molecule has 8 heteroatoms. The summed E-state index contributed by atoms with van der Waals surface area (Å²) in [6, 6.07) is 4.47. The van der Waals surface area contributed by atoms with Gasteiger partial charge in [0.15, 0.2) is 5.82 Å². The van der Waals surface area contributed by atoms with Gasteiger partial charge in [-0.1, -0.05) is 22.8 Å². The standard InChI is InChI=1S/C12H11ClN4O3/c13-7-3-1-5-9(17(18)19)10(7)12-15-11(16-20-12)8-4-2-6-14-8/h1,3,5,8,14H,2,4,6H2. The van der Waals surface area contributed by atoms with Crippen molar-refractivity contribution in [3.8, 4) is 11.5 Å². The maximum atomic E-state index is 11.1. The minimum atomic E-state index is -0.515. The topological polar surface area (TPSA) is 94.1 Å². The molecule has 1 aromatic heterocycles. The molecule has 3 rings (SSSR count). The highest BCUT2D eigenvalue weighted by atomic mass is 35.5. The van der Waals surface area contributed by atoms with Gasteiger partial charge in [-0.05, 0) is 25.5 Å². The van der Waals surface area contributed by atoms with Gasteiger partial charge in [-0.2, -0.15) is 4.98 Å². The molecule has 20 heavy (non-hydrogen) atoms. The van der Waals surface area contributed by atoms with Crippen LogP contribution in [0, 0.1) is 10.1 Å². The number of nitro benzene ring substituents is 1. The van der Waals surface area contributed by atoms with Gasteiger partial charge in [-0.25, -0.2) is 0 Å². The third kappa shape index (κ3) is 2.25. The van der Waals surface area contributed by atoms with Crippen molar-refractivity contribution in [3.05, 3.63) is 39.2 Å². The third-order valence-corrected chi connectivity index (χ3v) is 3.53. The largest absolute Gasteiger partial charge is 0.334 e. The first-order chi connectivity index (χ1) is 9.66. The normalized spacial score (nSPS) is 18.4. The van der Waals surface area contributed by atoms with Gasteiger partial charge >= 0.3 is 0 Å². The molecule has 1 N–H and O–H groups in total. The number of halogens is 1. The summed E-state index contributed by atoms with van der Waals surface area (Å²) in [5, 5.41) is 18.4. The summed E-state index contributed by atoms with van der Waals surface area (Å²) in [6.45, 7) is 0.904. The number of nitro groups is 1. The van der Waals surface area contributed by atoms with E-state index < -0.39 is 4.92 Å². The summed E-state index contributed by atoms with van der Waals surface area (Å²) in [5.74, 6) is 0.581. The lowest BCUT2D eigenvalue weighted by Crippen LogP contribution is -2.14. The van der Waals surface area contributed by atoms with E-state index in [9.17, 15) is 10.1 Å². The quantitative estimate of drug-likeness (QED) is 0.691. The molecule has 7 nitrogen and oxygen atoms in total. The van der Waals surface area contributed by atoms with Crippen LogP contribution in [0.1, 0.15) is 24.7 Å². The van der Waals surface area contributed by atoms with Crippen LogP contribution in [0.25, 0.3) is 11.5 Å². The van der Waals surface area contributed by atoms with E-state index in [1.54, 1.807) is 6.07 Å². The summed E-state index contributed by atoms with van der Waals surface area (Å²) in [6.07, 6.45) is 1.96. The zero-order valence-corrected chi connectivity index (χ0v) is 11.1. The maximum absolute atomic E-state index is 11.1. The van der Waals surface area contributed by atoms with Gasteiger partial charge in [-0.3, -0.25) is 10.1 Å². The van der Waals surface area contributed by atoms with Crippen molar-refractivity contribution in [1.29, 1.82) is 0 Å². The predicted molar refractivity (Wildman–Crippen MR) is 71.4 cm³/mol. The lowest BCUT2D eigenvalue weighted by Gasteiger charge is -2.02. The van der Waals surface area contributed by atoms with E-state index in [4.69, 9.17) is 16.1 Å². The average Bonchev–Trinajstić information content (AvgIpc) is 3.09. The molecule has 0 spiro atoms. The maximum Gasteiger partial charge on any atom is 0.283 e. The van der Waals surface area contributed by atoms with E-state index >= 15 is 0 Å². The number of aromatic nitrogens is 2. The second-order valence-corrected chi connectivity index (χ2v) is 4.90. The molecule has 2 aromatic rings. The zero-order chi connectivity index (χ0) is 14.1. The third-order valence-electron chi connectivity index (χ3n) is 3.22. The summed E-state index contributed by atoms with van der Waals surface area (Å²) in [7, 11) is 0. The molecule has 0 amide bonds. The Morgan fingerprint density at radius 3 is 3.05 bits per heavy atom. The van der Waals surface area contributed by atoms with E-state index in [0.29, 0.717) is 5.82 Å². The van der Waals surface area contributed by atoms with Crippen molar-refractivity contribution in [3.63, 3.8) is 0 Å². The van der Waals surface area contributed by atoms with Crippen molar-refractivity contribution in [1.82, 2.24) is 15.5 Å². The Balaban J connectivity index is 2.03. The molecule has 2 heterocycles. The van der Waals surface area contributed by atoms with Crippen molar-refractivity contribution in [2.75, 3.05) is 6.54 Å². The van der Waals surface area contributed by atoms with Crippen LogP contribution in [-0.2, 0) is 0 Å². The Kier molecular flexibility index (Phi) is 3.37. The highest BCUT2D eigenvalue weighted by Crippen LogP contribution is 2.35. The molecule has 1 fully saturated rings. The Bertz CT molecular complexity index is 652. The Morgan fingerprint density at radius 1 is 1.50 bits per heavy atom. The number of hydrogen-bond donors (Lipinski definition) is 1. The molecular formula is C12H11ClN4O3. The second-order valence-electron chi connectivity index (χ2n) is 4.50. The summed E-state index contributed by atoms with van der Waals surface area (Å²) < 4.78 is 5.14. The molecule has 0 saturated carbocycles. The van der Waals surface area contributed by atoms with Crippen molar-refractivity contribution < 1.29 is 9.45 Å². The van der Waals surface area contributed by atoms with Crippen LogP contribution in [-0.4, -0.2) is 21.6 Å². The fourth-order valence-electron chi connectivity index (χ4n) is 2.26. The van der Waals surface area contributed by atoms with Crippen molar-refractivity contribution >= 4 is 17.3 Å². The van der Waals surface area contributed by atoms with Crippen LogP contribution >= 0.6 is 11.6 Å². The molecule has 0 bridgehead atoms. The van der Waals surface area contributed by atoms with Crippen LogP contribution in [0.5, 0.6) is 0 Å². The van der Waals surface area contributed by atoms with Crippen LogP contribution in [0.3, 0.4) is 0 Å². The number of nitrogens with one attached hydrogen (secondary N) is 1. The highest BCUT2D eigenvalue weighted by molar-refractivity contribution is 6.33. The van der Waals surface area contributed by atoms with Crippen molar-refractivity contribution in [2.45, 2.75) is 18.9 Å². The lowest BCUT2D eigenvalue weighted by atomic mass is 10.1. The number of hydrogen-bond acceptors (Lipinski definition) is 6. The van der Waals surface area contributed by atoms with Crippen LogP contribution in [0.4, 0.5) is 5.69 Å². The predicted octanol–water partition coefficient (Wildman–Crippen LogP) is 2.72. The Labute approximate surface area is 119 Å². The molecular weight excluding hydrogens is 284 g/mol. The van der Waals surface area contributed by atoms with E-state index in [1.807, 2.05) is 0 Å². The monoisotopic (exact) mass is 294 g/mol. The highest BCUT2D eigenvalue weighted by Gasteiger charge is 2.26. The van der Waals surface area contributed by atoms with Crippen LogP contribution in [0.15, 0.2) is 22.7 Å². The molecule has 1 atom stereocenters. The first kappa shape index (κ1) is 13.0. The molecule has 1 aliphatic heterocycles. The fraction of sp³-hybridized carbons (Fsp3) is 0.333. The molecule has 1 saturated heterocycles.